The number of fused-ring (bicyclic) bond motifs is 3. The highest BCUT2D eigenvalue weighted by Crippen LogP contribution is 2.70. The van der Waals surface area contributed by atoms with Crippen molar-refractivity contribution in [3.05, 3.63) is 0 Å². The second-order valence-electron chi connectivity index (χ2n) is 14.2. The molecule has 254 valence electrons. The van der Waals surface area contributed by atoms with Crippen LogP contribution in [0, 0.1) is 28.6 Å². The number of rotatable bonds is 10. The van der Waals surface area contributed by atoms with Crippen molar-refractivity contribution in [3.8, 4) is 0 Å². The second-order valence-corrected chi connectivity index (χ2v) is 14.2. The highest BCUT2D eigenvalue weighted by atomic mass is 16.7. The van der Waals surface area contributed by atoms with E-state index >= 15 is 0 Å². The Morgan fingerprint density at radius 3 is 2.20 bits per heavy atom. The van der Waals surface area contributed by atoms with E-state index in [4.69, 9.17) is 33.2 Å². The Kier molecular flexibility index (Phi) is 9.61. The molecule has 13 heteroatoms. The van der Waals surface area contributed by atoms with E-state index in [0.717, 1.165) is 0 Å². The zero-order valence-corrected chi connectivity index (χ0v) is 27.0. The Balaban J connectivity index is 1.37. The third-order valence-electron chi connectivity index (χ3n) is 11.1. The van der Waals surface area contributed by atoms with Crippen LogP contribution in [0.4, 0.5) is 0 Å². The predicted octanol–water partition coefficient (Wildman–Crippen LogP) is 2.17. The van der Waals surface area contributed by atoms with Crippen LogP contribution in [-0.2, 0) is 52.3 Å². The topological polar surface area (TPSA) is 177 Å². The van der Waals surface area contributed by atoms with E-state index in [1.165, 1.54) is 13.8 Å². The van der Waals surface area contributed by atoms with Crippen LogP contribution in [-0.4, -0.2) is 96.0 Å². The molecule has 0 aromatic heterocycles. The van der Waals surface area contributed by atoms with Crippen LogP contribution < -0.4 is 0 Å². The lowest BCUT2D eigenvalue weighted by Gasteiger charge is -2.64. The molecule has 3 aliphatic heterocycles. The first-order valence-corrected chi connectivity index (χ1v) is 16.1. The molecule has 13 atom stereocenters. The van der Waals surface area contributed by atoms with E-state index in [2.05, 4.69) is 13.8 Å². The van der Waals surface area contributed by atoms with Gasteiger partial charge in [0, 0.05) is 38.0 Å². The zero-order chi connectivity index (χ0) is 32.9. The fourth-order valence-corrected chi connectivity index (χ4v) is 8.91. The van der Waals surface area contributed by atoms with Crippen LogP contribution in [0.3, 0.4) is 0 Å². The summed E-state index contributed by atoms with van der Waals surface area (Å²) < 4.78 is 40.6. The molecule has 2 aliphatic carbocycles. The largest absolute Gasteiger partial charge is 0.465 e. The predicted molar refractivity (Wildman–Crippen MR) is 153 cm³/mol. The van der Waals surface area contributed by atoms with Gasteiger partial charge in [-0.25, -0.2) is 0 Å². The molecule has 0 bridgehead atoms. The Morgan fingerprint density at radius 2 is 1.58 bits per heavy atom. The number of carbonyl (C=O) groups excluding carboxylic acids is 4. The summed E-state index contributed by atoms with van der Waals surface area (Å²) in [4.78, 5) is 49.2. The zero-order valence-electron chi connectivity index (χ0n) is 27.0. The summed E-state index contributed by atoms with van der Waals surface area (Å²) in [5.41, 5.74) is -2.40. The first-order valence-electron chi connectivity index (χ1n) is 16.1. The lowest BCUT2D eigenvalue weighted by molar-refractivity contribution is -0.271. The molecular formula is C32H48O13. The average Bonchev–Trinajstić information content (AvgIpc) is 3.42. The molecule has 3 heterocycles. The van der Waals surface area contributed by atoms with Gasteiger partial charge in [0.05, 0.1) is 37.1 Å². The van der Waals surface area contributed by atoms with Gasteiger partial charge in [-0.1, -0.05) is 13.8 Å². The van der Waals surface area contributed by atoms with Crippen molar-refractivity contribution in [3.63, 3.8) is 0 Å². The van der Waals surface area contributed by atoms with Crippen molar-refractivity contribution in [2.75, 3.05) is 13.2 Å². The van der Waals surface area contributed by atoms with E-state index in [-0.39, 0.29) is 43.3 Å². The van der Waals surface area contributed by atoms with Crippen molar-refractivity contribution >= 4 is 23.9 Å². The maximum Gasteiger partial charge on any atom is 0.309 e. The summed E-state index contributed by atoms with van der Waals surface area (Å²) in [5, 5.41) is 21.2. The molecule has 5 aliphatic rings. The van der Waals surface area contributed by atoms with Crippen molar-refractivity contribution in [1.82, 2.24) is 0 Å². The molecule has 5 fully saturated rings. The molecule has 2 saturated carbocycles. The lowest BCUT2D eigenvalue weighted by Crippen LogP contribution is -2.70. The van der Waals surface area contributed by atoms with Gasteiger partial charge in [0.15, 0.2) is 12.6 Å². The van der Waals surface area contributed by atoms with Crippen molar-refractivity contribution in [1.29, 1.82) is 0 Å². The Labute approximate surface area is 263 Å². The van der Waals surface area contributed by atoms with Crippen LogP contribution in [0.1, 0.15) is 86.5 Å². The van der Waals surface area contributed by atoms with Gasteiger partial charge in [-0.15, -0.1) is 0 Å². The Bertz CT molecular complexity index is 1140. The molecule has 45 heavy (non-hydrogen) atoms. The normalized spacial score (nSPS) is 43.0. The molecule has 3 saturated heterocycles. The van der Waals surface area contributed by atoms with E-state index in [9.17, 15) is 29.4 Å². The molecule has 0 amide bonds. The number of hydrogen-bond acceptors (Lipinski definition) is 13. The Morgan fingerprint density at radius 1 is 0.911 bits per heavy atom. The highest BCUT2D eigenvalue weighted by molar-refractivity contribution is 5.73. The number of aliphatic hydroxyl groups is 2. The minimum Gasteiger partial charge on any atom is -0.465 e. The van der Waals surface area contributed by atoms with E-state index in [1.807, 2.05) is 0 Å². The smallest absolute Gasteiger partial charge is 0.309 e. The fourth-order valence-electron chi connectivity index (χ4n) is 8.91. The molecule has 13 nitrogen and oxygen atoms in total. The SMILES string of the molecule is CC(=O)O[C@H]1C[C@@H](C)[C@](C)([C@@H]2C[C@H]3CC(O)O[C@H]3O2)[C@H]2C[C@@H](O)C[C@]3(CO3)[C@]12COC(=O)C[C@H](C)OC(=O)C[C@H](C)OC(C)=O. The number of esters is 4. The molecule has 0 radical (unpaired) electrons. The highest BCUT2D eigenvalue weighted by Gasteiger charge is 2.77. The first kappa shape index (κ1) is 34.0. The molecule has 2 N–H and O–H groups in total. The van der Waals surface area contributed by atoms with Crippen molar-refractivity contribution in [2.24, 2.45) is 28.6 Å². The van der Waals surface area contributed by atoms with Gasteiger partial charge in [0.1, 0.15) is 30.5 Å². The number of carbonyl (C=O) groups is 4. The van der Waals surface area contributed by atoms with Gasteiger partial charge < -0.3 is 43.4 Å². The summed E-state index contributed by atoms with van der Waals surface area (Å²) in [6.07, 6.45) is -2.53. The third kappa shape index (κ3) is 6.47. The maximum atomic E-state index is 13.2. The average molecular weight is 641 g/mol. The summed E-state index contributed by atoms with van der Waals surface area (Å²) in [5.74, 6) is -2.49. The van der Waals surface area contributed by atoms with Gasteiger partial charge in [-0.05, 0) is 44.9 Å². The second kappa shape index (κ2) is 12.7. The molecule has 0 aromatic rings. The quantitative estimate of drug-likeness (QED) is 0.202. The minimum atomic E-state index is -0.977. The van der Waals surface area contributed by atoms with Crippen LogP contribution in [0.15, 0.2) is 0 Å². The molecule has 5 rings (SSSR count). The van der Waals surface area contributed by atoms with Gasteiger partial charge in [0.2, 0.25) is 0 Å². The van der Waals surface area contributed by atoms with Crippen molar-refractivity contribution < 1.29 is 62.5 Å². The monoisotopic (exact) mass is 640 g/mol. The number of ether oxygens (including phenoxy) is 7. The summed E-state index contributed by atoms with van der Waals surface area (Å²) in [6, 6.07) is 0. The van der Waals surface area contributed by atoms with Gasteiger partial charge in [-0.3, -0.25) is 19.2 Å². The Hall–Kier alpha value is -2.32. The van der Waals surface area contributed by atoms with Gasteiger partial charge in [0.25, 0.3) is 0 Å². The number of epoxide rings is 1. The minimum absolute atomic E-state index is 0.0145. The van der Waals surface area contributed by atoms with Gasteiger partial charge >= 0.3 is 23.9 Å². The van der Waals surface area contributed by atoms with E-state index in [0.29, 0.717) is 38.7 Å². The molecule has 1 unspecified atom stereocenters. The summed E-state index contributed by atoms with van der Waals surface area (Å²) >= 11 is 0. The first-order chi connectivity index (χ1) is 21.1. The molecule has 0 aromatic carbocycles. The third-order valence-corrected chi connectivity index (χ3v) is 11.1. The maximum absolute atomic E-state index is 13.2. The van der Waals surface area contributed by atoms with Crippen LogP contribution >= 0.6 is 0 Å². The summed E-state index contributed by atoms with van der Waals surface area (Å²) in [6.45, 7) is 10.2. The van der Waals surface area contributed by atoms with Crippen molar-refractivity contribution in [2.45, 2.75) is 135 Å². The van der Waals surface area contributed by atoms with E-state index < -0.39 is 77.3 Å². The van der Waals surface area contributed by atoms with Crippen LogP contribution in [0.5, 0.6) is 0 Å². The number of aliphatic hydroxyl groups excluding tert-OH is 2. The van der Waals surface area contributed by atoms with Crippen LogP contribution in [0.25, 0.3) is 0 Å². The molecular weight excluding hydrogens is 592 g/mol. The van der Waals surface area contributed by atoms with Gasteiger partial charge in [-0.2, -0.15) is 0 Å². The number of hydrogen-bond donors (Lipinski definition) is 2. The lowest BCUT2D eigenvalue weighted by atomic mass is 9.42. The standard InChI is InChI=1S/C32H48O13/c1-16-7-25(43-20(5)34)32(15-39-26(36)8-18(3)42-27(37)9-17(2)41-19(4)33)23(12-22(35)13-31(32)14-40-31)30(16,6)24-10-21-11-28(38)45-29(21)44-24/h16-18,21-25,28-29,35,38H,7-15H2,1-6H3/t16-,17+,18+,21+,22-,23-,24+,25+,28?,29-,30+,31+,32+/m1/s1. The van der Waals surface area contributed by atoms with E-state index in [1.54, 1.807) is 13.8 Å². The molecule has 1 spiro atoms. The van der Waals surface area contributed by atoms with Crippen LogP contribution in [0.2, 0.25) is 0 Å². The summed E-state index contributed by atoms with van der Waals surface area (Å²) in [7, 11) is 0. The fraction of sp³-hybridized carbons (Fsp3) is 0.875.